The molecule has 0 amide bonds. The van der Waals surface area contributed by atoms with Gasteiger partial charge in [-0.15, -0.1) is 0 Å². The van der Waals surface area contributed by atoms with Crippen LogP contribution in [-0.2, 0) is 0 Å². The molecule has 1 heterocycles. The molecule has 100 valence electrons. The maximum atomic E-state index is 6.15. The fraction of sp³-hybridized carbons (Fsp3) is 1.00. The number of piperazine rings is 1. The predicted molar refractivity (Wildman–Crippen MR) is 73.1 cm³/mol. The second-order valence-electron chi connectivity index (χ2n) is 6.18. The fourth-order valence-electron chi connectivity index (χ4n) is 3.09. The van der Waals surface area contributed by atoms with Gasteiger partial charge in [0.15, 0.2) is 0 Å². The lowest BCUT2D eigenvalue weighted by Crippen LogP contribution is -2.52. The molecule has 2 rings (SSSR count). The summed E-state index contributed by atoms with van der Waals surface area (Å²) < 4.78 is 0. The first-order valence-corrected chi connectivity index (χ1v) is 7.39. The van der Waals surface area contributed by atoms with Crippen LogP contribution in [-0.4, -0.2) is 54.6 Å². The van der Waals surface area contributed by atoms with Crippen LogP contribution in [0.3, 0.4) is 0 Å². The van der Waals surface area contributed by atoms with E-state index in [4.69, 9.17) is 5.73 Å². The summed E-state index contributed by atoms with van der Waals surface area (Å²) in [5.74, 6) is 0.600. The van der Waals surface area contributed by atoms with E-state index in [1.54, 1.807) is 0 Å². The SMILES string of the molecule is CC(C)C(N)CN1CCN(C2CCCC2)CC1. The van der Waals surface area contributed by atoms with Crippen LogP contribution in [0.4, 0.5) is 0 Å². The van der Waals surface area contributed by atoms with Crippen LogP contribution in [0.25, 0.3) is 0 Å². The van der Waals surface area contributed by atoms with Crippen molar-refractivity contribution in [3.8, 4) is 0 Å². The van der Waals surface area contributed by atoms with Gasteiger partial charge in [0.25, 0.3) is 0 Å². The van der Waals surface area contributed by atoms with E-state index in [0.29, 0.717) is 12.0 Å². The number of nitrogens with two attached hydrogens (primary N) is 1. The highest BCUT2D eigenvalue weighted by Crippen LogP contribution is 2.24. The van der Waals surface area contributed by atoms with E-state index in [-0.39, 0.29) is 0 Å². The van der Waals surface area contributed by atoms with Gasteiger partial charge in [-0.25, -0.2) is 0 Å². The molecule has 17 heavy (non-hydrogen) atoms. The molecule has 2 aliphatic rings. The molecule has 0 spiro atoms. The van der Waals surface area contributed by atoms with E-state index in [0.717, 1.165) is 12.6 Å². The first kappa shape index (κ1) is 13.3. The van der Waals surface area contributed by atoms with Crippen molar-refractivity contribution in [1.82, 2.24) is 9.80 Å². The Bertz CT molecular complexity index is 216. The Morgan fingerprint density at radius 1 is 1.06 bits per heavy atom. The topological polar surface area (TPSA) is 32.5 Å². The largest absolute Gasteiger partial charge is 0.326 e. The van der Waals surface area contributed by atoms with Gasteiger partial charge < -0.3 is 5.73 Å². The molecule has 3 heteroatoms. The molecule has 2 fully saturated rings. The van der Waals surface area contributed by atoms with Crippen LogP contribution in [0.2, 0.25) is 0 Å². The second kappa shape index (κ2) is 6.17. The summed E-state index contributed by atoms with van der Waals surface area (Å²) in [5.41, 5.74) is 6.15. The van der Waals surface area contributed by atoms with Crippen LogP contribution in [0.15, 0.2) is 0 Å². The molecule has 0 aromatic heterocycles. The summed E-state index contributed by atoms with van der Waals surface area (Å²) in [6, 6.07) is 1.24. The van der Waals surface area contributed by atoms with Gasteiger partial charge in [-0.05, 0) is 18.8 Å². The quantitative estimate of drug-likeness (QED) is 0.807. The highest BCUT2D eigenvalue weighted by Gasteiger charge is 2.26. The number of nitrogens with zero attached hydrogens (tertiary/aromatic N) is 2. The number of hydrogen-bond acceptors (Lipinski definition) is 3. The number of rotatable bonds is 4. The third-order valence-electron chi connectivity index (χ3n) is 4.57. The summed E-state index contributed by atoms with van der Waals surface area (Å²) in [6.45, 7) is 10.5. The average molecular weight is 239 g/mol. The zero-order chi connectivity index (χ0) is 12.3. The average Bonchev–Trinajstić information content (AvgIpc) is 2.83. The van der Waals surface area contributed by atoms with Crippen LogP contribution < -0.4 is 5.73 Å². The van der Waals surface area contributed by atoms with E-state index >= 15 is 0 Å². The van der Waals surface area contributed by atoms with E-state index in [9.17, 15) is 0 Å². The summed E-state index contributed by atoms with van der Waals surface area (Å²) >= 11 is 0. The molecule has 0 radical (unpaired) electrons. The highest BCUT2D eigenvalue weighted by molar-refractivity contribution is 4.83. The second-order valence-corrected chi connectivity index (χ2v) is 6.18. The maximum absolute atomic E-state index is 6.15. The van der Waals surface area contributed by atoms with Gasteiger partial charge in [0, 0.05) is 44.8 Å². The van der Waals surface area contributed by atoms with Crippen LogP contribution in [0.1, 0.15) is 39.5 Å². The van der Waals surface area contributed by atoms with Crippen molar-refractivity contribution >= 4 is 0 Å². The molecule has 1 aliphatic carbocycles. The Balaban J connectivity index is 1.70. The normalized spacial score (nSPS) is 26.8. The van der Waals surface area contributed by atoms with Crippen molar-refractivity contribution in [3.05, 3.63) is 0 Å². The van der Waals surface area contributed by atoms with Crippen molar-refractivity contribution in [2.24, 2.45) is 11.7 Å². The lowest BCUT2D eigenvalue weighted by molar-refractivity contribution is 0.0910. The van der Waals surface area contributed by atoms with Crippen LogP contribution in [0.5, 0.6) is 0 Å². The third-order valence-corrected chi connectivity index (χ3v) is 4.57. The first-order chi connectivity index (χ1) is 8.16. The minimum Gasteiger partial charge on any atom is -0.326 e. The minimum absolute atomic E-state index is 0.341. The van der Waals surface area contributed by atoms with Crippen molar-refractivity contribution in [3.63, 3.8) is 0 Å². The van der Waals surface area contributed by atoms with Gasteiger partial charge in [-0.2, -0.15) is 0 Å². The van der Waals surface area contributed by atoms with Crippen molar-refractivity contribution in [2.45, 2.75) is 51.6 Å². The summed E-state index contributed by atoms with van der Waals surface area (Å²) in [4.78, 5) is 5.26. The smallest absolute Gasteiger partial charge is 0.0191 e. The molecular formula is C14H29N3. The predicted octanol–water partition coefficient (Wildman–Crippen LogP) is 1.53. The molecule has 2 N–H and O–H groups in total. The zero-order valence-electron chi connectivity index (χ0n) is 11.6. The van der Waals surface area contributed by atoms with E-state index in [2.05, 4.69) is 23.6 Å². The summed E-state index contributed by atoms with van der Waals surface area (Å²) in [5, 5.41) is 0. The molecule has 0 bridgehead atoms. The standard InChI is InChI=1S/C14H29N3/c1-12(2)14(15)11-16-7-9-17(10-8-16)13-5-3-4-6-13/h12-14H,3-11,15H2,1-2H3. The summed E-state index contributed by atoms with van der Waals surface area (Å²) in [6.07, 6.45) is 5.77. The maximum Gasteiger partial charge on any atom is 0.0191 e. The lowest BCUT2D eigenvalue weighted by Gasteiger charge is -2.39. The van der Waals surface area contributed by atoms with Crippen molar-refractivity contribution in [1.29, 1.82) is 0 Å². The molecule has 0 aromatic rings. The number of hydrogen-bond donors (Lipinski definition) is 1. The van der Waals surface area contributed by atoms with Crippen LogP contribution >= 0.6 is 0 Å². The van der Waals surface area contributed by atoms with Gasteiger partial charge >= 0.3 is 0 Å². The van der Waals surface area contributed by atoms with E-state index in [1.165, 1.54) is 51.9 Å². The van der Waals surface area contributed by atoms with E-state index < -0.39 is 0 Å². The fourth-order valence-corrected chi connectivity index (χ4v) is 3.09. The highest BCUT2D eigenvalue weighted by atomic mass is 15.3. The Kier molecular flexibility index (Phi) is 4.83. The Morgan fingerprint density at radius 3 is 2.18 bits per heavy atom. The van der Waals surface area contributed by atoms with Gasteiger partial charge in [0.2, 0.25) is 0 Å². The van der Waals surface area contributed by atoms with Gasteiger partial charge in [0.05, 0.1) is 0 Å². The molecule has 1 atom stereocenters. The molecule has 1 unspecified atom stereocenters. The monoisotopic (exact) mass is 239 g/mol. The Labute approximate surface area is 106 Å². The molecule has 1 saturated heterocycles. The molecule has 1 saturated carbocycles. The minimum atomic E-state index is 0.341. The lowest BCUT2D eigenvalue weighted by atomic mass is 10.0. The Morgan fingerprint density at radius 2 is 1.65 bits per heavy atom. The van der Waals surface area contributed by atoms with Crippen molar-refractivity contribution in [2.75, 3.05) is 32.7 Å². The van der Waals surface area contributed by atoms with Gasteiger partial charge in [-0.1, -0.05) is 26.7 Å². The van der Waals surface area contributed by atoms with Gasteiger partial charge in [-0.3, -0.25) is 9.80 Å². The molecule has 1 aliphatic heterocycles. The molecule has 3 nitrogen and oxygen atoms in total. The van der Waals surface area contributed by atoms with Crippen molar-refractivity contribution < 1.29 is 0 Å². The molecular weight excluding hydrogens is 210 g/mol. The third kappa shape index (κ3) is 3.67. The van der Waals surface area contributed by atoms with Crippen LogP contribution in [0, 0.1) is 5.92 Å². The summed E-state index contributed by atoms with van der Waals surface area (Å²) in [7, 11) is 0. The Hall–Kier alpha value is -0.120. The van der Waals surface area contributed by atoms with Gasteiger partial charge in [0.1, 0.15) is 0 Å². The first-order valence-electron chi connectivity index (χ1n) is 7.39. The zero-order valence-corrected chi connectivity index (χ0v) is 11.6. The molecule has 0 aromatic carbocycles. The van der Waals surface area contributed by atoms with E-state index in [1.807, 2.05) is 0 Å².